The number of hydrogen-bond donors (Lipinski definition) is 1. The maximum Gasteiger partial charge on any atom is 0.324 e. The Bertz CT molecular complexity index is 1430. The average Bonchev–Trinajstić information content (AvgIpc) is 3.21. The second kappa shape index (κ2) is 13.4. The number of aromatic nitrogens is 1. The van der Waals surface area contributed by atoms with Crippen LogP contribution in [0.3, 0.4) is 0 Å². The highest BCUT2D eigenvalue weighted by molar-refractivity contribution is 6.31. The van der Waals surface area contributed by atoms with E-state index in [0.717, 1.165) is 68.7 Å². The molecule has 1 aromatic carbocycles. The Kier molecular flexibility index (Phi) is 9.48. The number of halogens is 1. The van der Waals surface area contributed by atoms with Crippen molar-refractivity contribution >= 4 is 40.2 Å². The molecule has 0 unspecified atom stereocenters. The number of ketones is 1. The molecule has 2 fully saturated rings. The maximum atomic E-state index is 13.7. The van der Waals surface area contributed by atoms with E-state index in [1.54, 1.807) is 37.6 Å². The van der Waals surface area contributed by atoms with Crippen LogP contribution < -0.4 is 10.1 Å². The monoisotopic (exact) mass is 575 g/mol. The van der Waals surface area contributed by atoms with Crippen molar-refractivity contribution in [3.63, 3.8) is 0 Å². The molecule has 2 aromatic rings. The summed E-state index contributed by atoms with van der Waals surface area (Å²) in [7, 11) is 1.60. The molecule has 0 spiro atoms. The molecule has 0 bridgehead atoms. The van der Waals surface area contributed by atoms with Crippen molar-refractivity contribution < 1.29 is 19.1 Å². The van der Waals surface area contributed by atoms with E-state index in [4.69, 9.17) is 16.3 Å². The van der Waals surface area contributed by atoms with Crippen LogP contribution in [0.2, 0.25) is 0 Å². The molecule has 0 atom stereocenters. The number of carbonyl (C=O) groups excluding carboxylic acids is 3. The van der Waals surface area contributed by atoms with Crippen LogP contribution in [0.25, 0.3) is 10.9 Å². The van der Waals surface area contributed by atoms with Gasteiger partial charge in [-0.2, -0.15) is 0 Å². The largest absolute Gasteiger partial charge is 0.497 e. The molecule has 216 valence electrons. The summed E-state index contributed by atoms with van der Waals surface area (Å²) in [6.45, 7) is 0.330. The first-order valence-corrected chi connectivity index (χ1v) is 15.2. The molecule has 1 aromatic heterocycles. The maximum absolute atomic E-state index is 13.7. The molecule has 3 aliphatic carbocycles. The lowest BCUT2D eigenvalue weighted by Crippen LogP contribution is -2.53. The third-order valence-corrected chi connectivity index (χ3v) is 8.64. The Hall–Kier alpha value is -3.54. The van der Waals surface area contributed by atoms with E-state index in [2.05, 4.69) is 11.0 Å². The normalized spacial score (nSPS) is 18.0. The number of carbonyl (C=O) groups is 3. The van der Waals surface area contributed by atoms with Crippen LogP contribution in [0.1, 0.15) is 81.0 Å². The van der Waals surface area contributed by atoms with Gasteiger partial charge in [0, 0.05) is 58.9 Å². The fourth-order valence-corrected chi connectivity index (χ4v) is 6.31. The van der Waals surface area contributed by atoms with Gasteiger partial charge in [-0.15, -0.1) is 5.73 Å². The number of benzene rings is 1. The van der Waals surface area contributed by atoms with Gasteiger partial charge in [-0.3, -0.25) is 14.5 Å². The molecule has 3 aliphatic rings. The van der Waals surface area contributed by atoms with Crippen LogP contribution in [0.5, 0.6) is 5.75 Å². The van der Waals surface area contributed by atoms with Crippen molar-refractivity contribution in [1.29, 1.82) is 0 Å². The van der Waals surface area contributed by atoms with Gasteiger partial charge in [0.05, 0.1) is 12.6 Å². The van der Waals surface area contributed by atoms with Crippen molar-refractivity contribution in [2.75, 3.05) is 7.11 Å². The minimum Gasteiger partial charge on any atom is -0.497 e. The minimum absolute atomic E-state index is 0.0691. The van der Waals surface area contributed by atoms with E-state index in [0.29, 0.717) is 28.5 Å². The fourth-order valence-electron chi connectivity index (χ4n) is 6.19. The highest BCUT2D eigenvalue weighted by Gasteiger charge is 2.32. The molecule has 41 heavy (non-hydrogen) atoms. The molecule has 0 aliphatic heterocycles. The molecule has 8 heteroatoms. The molecular weight excluding hydrogens is 538 g/mol. The zero-order valence-corrected chi connectivity index (χ0v) is 24.4. The van der Waals surface area contributed by atoms with Crippen LogP contribution >= 0.6 is 11.6 Å². The third kappa shape index (κ3) is 6.86. The number of ether oxygens (including phenoxy) is 1. The van der Waals surface area contributed by atoms with E-state index in [-0.39, 0.29) is 36.2 Å². The summed E-state index contributed by atoms with van der Waals surface area (Å²) in [5.41, 5.74) is 4.71. The zero-order valence-electron chi connectivity index (χ0n) is 23.7. The van der Waals surface area contributed by atoms with Gasteiger partial charge in [0.2, 0.25) is 5.91 Å². The minimum atomic E-state index is -0.254. The van der Waals surface area contributed by atoms with E-state index in [9.17, 15) is 14.4 Å². The van der Waals surface area contributed by atoms with Crippen molar-refractivity contribution in [2.24, 2.45) is 0 Å². The van der Waals surface area contributed by atoms with Crippen LogP contribution in [0.4, 0.5) is 4.79 Å². The number of nitrogens with one attached hydrogen (secondary N) is 1. The molecule has 5 rings (SSSR count). The highest BCUT2D eigenvalue weighted by Crippen LogP contribution is 2.29. The highest BCUT2D eigenvalue weighted by atomic mass is 35.5. The van der Waals surface area contributed by atoms with Gasteiger partial charge in [0.1, 0.15) is 5.75 Å². The number of rotatable bonds is 8. The van der Waals surface area contributed by atoms with E-state index < -0.39 is 0 Å². The fraction of sp³-hybridized carbons (Fsp3) is 0.455. The van der Waals surface area contributed by atoms with Gasteiger partial charge in [-0.05, 0) is 62.1 Å². The number of hydrogen-bond acceptors (Lipinski definition) is 4. The second-order valence-corrected chi connectivity index (χ2v) is 11.6. The topological polar surface area (TPSA) is 80.6 Å². The predicted molar refractivity (Wildman–Crippen MR) is 161 cm³/mol. The number of fused-ring (bicyclic) bond motifs is 1. The smallest absolute Gasteiger partial charge is 0.324 e. The number of Topliss-reactive ketones (excluding diaryl/α,β-unsaturated/α-hetero) is 1. The Labute approximate surface area is 246 Å². The number of amides is 3. The summed E-state index contributed by atoms with van der Waals surface area (Å²) in [5, 5.41) is 4.42. The van der Waals surface area contributed by atoms with Crippen molar-refractivity contribution in [3.8, 4) is 5.75 Å². The van der Waals surface area contributed by atoms with Crippen molar-refractivity contribution in [2.45, 2.75) is 89.3 Å². The average molecular weight is 576 g/mol. The third-order valence-electron chi connectivity index (χ3n) is 8.41. The van der Waals surface area contributed by atoms with Crippen molar-refractivity contribution in [3.05, 3.63) is 70.6 Å². The molecule has 1 N–H and O–H groups in total. The summed E-state index contributed by atoms with van der Waals surface area (Å²) in [6.07, 6.45) is 18.8. The number of imide groups is 1. The predicted octanol–water partition coefficient (Wildman–Crippen LogP) is 7.20. The first-order valence-electron chi connectivity index (χ1n) is 14.8. The Morgan fingerprint density at radius 2 is 1.76 bits per heavy atom. The molecular formula is C33H38ClN3O4. The van der Waals surface area contributed by atoms with E-state index in [1.807, 2.05) is 22.8 Å². The van der Waals surface area contributed by atoms with Gasteiger partial charge < -0.3 is 14.6 Å². The van der Waals surface area contributed by atoms with Gasteiger partial charge in [-0.1, -0.05) is 50.1 Å². The van der Waals surface area contributed by atoms with Crippen LogP contribution in [0.15, 0.2) is 65.0 Å². The first-order chi connectivity index (χ1) is 19.9. The molecule has 3 amide bonds. The SMILES string of the molecule is COc1ccc2c(C(=O)C3=CC=C(Cl)C=C=C3)cn(CCC(=O)N(C(=O)NC3CCCCC3)C3CCCCC3)c2c1. The number of aryl methyl sites for hydroxylation is 1. The molecule has 2 saturated carbocycles. The van der Waals surface area contributed by atoms with E-state index >= 15 is 0 Å². The molecule has 0 radical (unpaired) electrons. The summed E-state index contributed by atoms with van der Waals surface area (Å²) in [6, 6.07) is 5.38. The standard InChI is InChI=1S/C33H38ClN3O4/c1-41-27-17-18-28-29(32(39)23-9-8-10-24(34)16-15-23)22-36(30(28)21-27)20-19-31(38)37(26-13-6-3-7-14-26)33(40)35-25-11-4-2-5-12-25/h9-10,15-18,21-22,25-26H,2-7,11-14,19-20H2,1H3,(H,35,40). The van der Waals surface area contributed by atoms with Gasteiger partial charge in [0.15, 0.2) is 5.78 Å². The summed E-state index contributed by atoms with van der Waals surface area (Å²) in [4.78, 5) is 42.3. The quantitative estimate of drug-likeness (QED) is 0.266. The number of methoxy groups -OCH3 is 1. The van der Waals surface area contributed by atoms with Gasteiger partial charge in [-0.25, -0.2) is 4.79 Å². The summed E-state index contributed by atoms with van der Waals surface area (Å²) < 4.78 is 7.38. The number of allylic oxidation sites excluding steroid dienone is 5. The van der Waals surface area contributed by atoms with Crippen LogP contribution in [-0.4, -0.2) is 46.4 Å². The number of nitrogens with zero attached hydrogens (tertiary/aromatic N) is 2. The van der Waals surface area contributed by atoms with Crippen LogP contribution in [0, 0.1) is 0 Å². The lowest BCUT2D eigenvalue weighted by Gasteiger charge is -2.34. The van der Waals surface area contributed by atoms with Crippen molar-refractivity contribution in [1.82, 2.24) is 14.8 Å². The number of urea groups is 1. The lowest BCUT2D eigenvalue weighted by atomic mass is 9.93. The lowest BCUT2D eigenvalue weighted by molar-refractivity contribution is -0.130. The zero-order chi connectivity index (χ0) is 28.8. The van der Waals surface area contributed by atoms with E-state index in [1.165, 1.54) is 11.3 Å². The second-order valence-electron chi connectivity index (χ2n) is 11.2. The Balaban J connectivity index is 1.39. The molecule has 0 saturated heterocycles. The van der Waals surface area contributed by atoms with Gasteiger partial charge in [0.25, 0.3) is 0 Å². The van der Waals surface area contributed by atoms with Gasteiger partial charge >= 0.3 is 6.03 Å². The Morgan fingerprint density at radius 3 is 2.49 bits per heavy atom. The molecule has 7 nitrogen and oxygen atoms in total. The summed E-state index contributed by atoms with van der Waals surface area (Å²) in [5.74, 6) is 0.315. The Morgan fingerprint density at radius 1 is 1.02 bits per heavy atom. The molecule has 1 heterocycles. The first kappa shape index (κ1) is 29.0. The summed E-state index contributed by atoms with van der Waals surface area (Å²) >= 11 is 6.08. The van der Waals surface area contributed by atoms with Crippen LogP contribution in [-0.2, 0) is 11.3 Å².